The molecule has 156 valence electrons. The topological polar surface area (TPSA) is 0 Å². The predicted molar refractivity (Wildman–Crippen MR) is 138 cm³/mol. The van der Waals surface area contributed by atoms with E-state index in [1.54, 1.807) is 0 Å². The summed E-state index contributed by atoms with van der Waals surface area (Å²) in [5.41, 5.74) is 7.64. The lowest BCUT2D eigenvalue weighted by Crippen LogP contribution is -1.93. The van der Waals surface area contributed by atoms with E-state index in [1.807, 2.05) is 13.0 Å². The van der Waals surface area contributed by atoms with Crippen LogP contribution in [0.5, 0.6) is 0 Å². The van der Waals surface area contributed by atoms with Gasteiger partial charge in [-0.1, -0.05) is 97.3 Å². The molecule has 0 nitrogen and oxygen atoms in total. The molecule has 0 aliphatic rings. The van der Waals surface area contributed by atoms with Crippen LogP contribution in [0.2, 0.25) is 0 Å². The Labute approximate surface area is 182 Å². The average molecular weight is 407 g/mol. The highest BCUT2D eigenvalue weighted by Gasteiger charge is 2.02. The summed E-state index contributed by atoms with van der Waals surface area (Å²) in [7, 11) is 0.434. The molecule has 0 bridgehead atoms. The summed E-state index contributed by atoms with van der Waals surface area (Å²) in [6.45, 7) is 12.5. The van der Waals surface area contributed by atoms with Crippen molar-refractivity contribution in [3.05, 3.63) is 101 Å². The minimum absolute atomic E-state index is 0.434. The fourth-order valence-electron chi connectivity index (χ4n) is 3.03. The van der Waals surface area contributed by atoms with Crippen LogP contribution in [0.25, 0.3) is 5.57 Å². The number of rotatable bonds is 8. The maximum atomic E-state index is 4.09. The third-order valence-corrected chi connectivity index (χ3v) is 5.62. The predicted octanol–water partition coefficient (Wildman–Crippen LogP) is 8.04. The van der Waals surface area contributed by atoms with E-state index in [2.05, 4.69) is 100 Å². The van der Waals surface area contributed by atoms with Gasteiger partial charge in [-0.05, 0) is 74.3 Å². The molecule has 0 amide bonds. The molecule has 2 aromatic carbocycles. The first-order valence-corrected chi connectivity index (χ1v) is 12.4. The molecule has 1 atom stereocenters. The van der Waals surface area contributed by atoms with E-state index in [0.29, 0.717) is 10.5 Å². The minimum atomic E-state index is 0.434. The van der Waals surface area contributed by atoms with Crippen molar-refractivity contribution in [1.29, 1.82) is 0 Å². The fraction of sp³-hybridized carbons (Fsp3) is 0.321. The maximum absolute atomic E-state index is 4.09. The Morgan fingerprint density at radius 3 is 2.17 bits per heavy atom. The summed E-state index contributed by atoms with van der Waals surface area (Å²) in [6.07, 6.45) is 11.8. The summed E-state index contributed by atoms with van der Waals surface area (Å²) < 4.78 is 0. The highest BCUT2D eigenvalue weighted by molar-refractivity contribution is 8.13. The fourth-order valence-corrected chi connectivity index (χ4v) is 3.73. The number of allylic oxidation sites excluding steroid dienone is 5. The van der Waals surface area contributed by atoms with Crippen molar-refractivity contribution in [2.24, 2.45) is 0 Å². The second-order valence-electron chi connectivity index (χ2n) is 7.56. The highest BCUT2D eigenvalue weighted by atomic mass is 32.2. The second-order valence-corrected chi connectivity index (χ2v) is 9.53. The lowest BCUT2D eigenvalue weighted by Gasteiger charge is -2.09. The number of hydrogen-bond acceptors (Lipinski definition) is 0. The molecule has 2 aromatic rings. The van der Waals surface area contributed by atoms with E-state index in [4.69, 9.17) is 0 Å². The quantitative estimate of drug-likeness (QED) is 0.307. The van der Waals surface area contributed by atoms with Crippen LogP contribution in [0.1, 0.15) is 49.4 Å². The number of aryl methyl sites for hydroxylation is 3. The lowest BCUT2D eigenvalue weighted by atomic mass is 9.96. The van der Waals surface area contributed by atoms with E-state index in [1.165, 1.54) is 40.0 Å². The Hall–Kier alpha value is -2.12. The number of hydrogen-bond donors (Lipinski definition) is 0. The van der Waals surface area contributed by atoms with Gasteiger partial charge >= 0.3 is 0 Å². The van der Waals surface area contributed by atoms with E-state index in [-0.39, 0.29) is 0 Å². The summed E-state index contributed by atoms with van der Waals surface area (Å²) >= 11 is 0. The molecule has 0 heterocycles. The molecule has 0 saturated heterocycles. The van der Waals surface area contributed by atoms with Gasteiger partial charge in [0.05, 0.1) is 0 Å². The van der Waals surface area contributed by atoms with Gasteiger partial charge in [0.1, 0.15) is 0 Å². The van der Waals surface area contributed by atoms with E-state index >= 15 is 0 Å². The van der Waals surface area contributed by atoms with Crippen LogP contribution in [0.3, 0.4) is 0 Å². The van der Waals surface area contributed by atoms with Crippen LogP contribution >= 0.6 is 10.5 Å². The summed E-state index contributed by atoms with van der Waals surface area (Å²) in [5.74, 6) is 5.15. The highest BCUT2D eigenvalue weighted by Crippen LogP contribution is 2.22. The summed E-state index contributed by atoms with van der Waals surface area (Å²) in [4.78, 5) is 0. The second kappa shape index (κ2) is 14.0. The molecule has 0 radical (unpaired) electrons. The zero-order valence-corrected chi connectivity index (χ0v) is 19.8. The van der Waals surface area contributed by atoms with Gasteiger partial charge in [0.25, 0.3) is 0 Å². The van der Waals surface area contributed by atoms with Crippen LogP contribution in [0, 0.1) is 6.92 Å². The molecule has 2 rings (SSSR count). The molecule has 0 saturated carbocycles. The van der Waals surface area contributed by atoms with Crippen molar-refractivity contribution in [2.45, 2.75) is 47.0 Å². The molecule has 0 N–H and O–H groups in total. The van der Waals surface area contributed by atoms with Crippen molar-refractivity contribution in [3.8, 4) is 0 Å². The van der Waals surface area contributed by atoms with Crippen molar-refractivity contribution >= 4 is 21.9 Å². The van der Waals surface area contributed by atoms with Gasteiger partial charge in [-0.3, -0.25) is 0 Å². The SMILES string of the molecule is C=C(C)/C(=C\C=C/C)c1ccc(CCc2cccc(C)c2)cc1.C=S(C)CCC. The normalized spacial score (nSPS) is 12.4. The van der Waals surface area contributed by atoms with Gasteiger partial charge in [-0.2, -0.15) is 10.5 Å². The first kappa shape index (κ1) is 24.9. The summed E-state index contributed by atoms with van der Waals surface area (Å²) in [6, 6.07) is 17.6. The van der Waals surface area contributed by atoms with Gasteiger partial charge in [0.2, 0.25) is 0 Å². The third kappa shape index (κ3) is 10.3. The van der Waals surface area contributed by atoms with Crippen molar-refractivity contribution in [1.82, 2.24) is 0 Å². The van der Waals surface area contributed by atoms with E-state index in [9.17, 15) is 0 Å². The molecule has 0 aromatic heterocycles. The smallest absolute Gasteiger partial charge is 0.0128 e. The first-order chi connectivity index (χ1) is 13.9. The molecule has 0 spiro atoms. The molecular weight excluding hydrogens is 368 g/mol. The molecule has 0 aliphatic heterocycles. The Morgan fingerprint density at radius 1 is 1.03 bits per heavy atom. The molecule has 29 heavy (non-hydrogen) atoms. The van der Waals surface area contributed by atoms with Crippen LogP contribution in [0.4, 0.5) is 0 Å². The Balaban J connectivity index is 0.000000612. The zero-order valence-electron chi connectivity index (χ0n) is 19.0. The van der Waals surface area contributed by atoms with Crippen molar-refractivity contribution in [3.63, 3.8) is 0 Å². The van der Waals surface area contributed by atoms with Crippen molar-refractivity contribution < 1.29 is 0 Å². The first-order valence-electron chi connectivity index (χ1n) is 10.4. The van der Waals surface area contributed by atoms with Crippen LogP contribution < -0.4 is 0 Å². The van der Waals surface area contributed by atoms with Gasteiger partial charge < -0.3 is 0 Å². The third-order valence-electron chi connectivity index (χ3n) is 4.52. The van der Waals surface area contributed by atoms with Crippen LogP contribution in [-0.4, -0.2) is 17.9 Å². The maximum Gasteiger partial charge on any atom is -0.0128 e. The monoisotopic (exact) mass is 406 g/mol. The lowest BCUT2D eigenvalue weighted by molar-refractivity contribution is 0.958. The van der Waals surface area contributed by atoms with E-state index in [0.717, 1.165) is 18.4 Å². The van der Waals surface area contributed by atoms with E-state index < -0.39 is 0 Å². The molecule has 1 unspecified atom stereocenters. The molecular formula is C28H38S. The van der Waals surface area contributed by atoms with Crippen LogP contribution in [0.15, 0.2) is 78.9 Å². The van der Waals surface area contributed by atoms with Crippen molar-refractivity contribution in [2.75, 3.05) is 12.0 Å². The van der Waals surface area contributed by atoms with Gasteiger partial charge in [0, 0.05) is 0 Å². The van der Waals surface area contributed by atoms with Crippen LogP contribution in [-0.2, 0) is 12.8 Å². The molecule has 0 aliphatic carbocycles. The largest absolute Gasteiger partial charge is 0.196 e. The Morgan fingerprint density at radius 2 is 1.69 bits per heavy atom. The Kier molecular flexibility index (Phi) is 12.0. The van der Waals surface area contributed by atoms with Gasteiger partial charge in [0.15, 0.2) is 0 Å². The van der Waals surface area contributed by atoms with Gasteiger partial charge in [-0.25, -0.2) is 0 Å². The number of benzene rings is 2. The molecule has 1 heteroatoms. The van der Waals surface area contributed by atoms with Gasteiger partial charge in [-0.15, -0.1) is 0 Å². The zero-order chi connectivity index (χ0) is 21.6. The molecule has 0 fully saturated rings. The standard InChI is InChI=1S/C23H26.C5H12S/c1-5-6-10-23(18(2)3)22-15-13-20(14-16-22)11-12-21-9-7-8-19(4)17-21;1-4-5-6(2)3/h5-10,13-17H,2,11-12H2,1,3-4H3;2,4-5H2,1,3H3/b6-5-,23-10+;. The average Bonchev–Trinajstić information content (AvgIpc) is 2.68. The summed E-state index contributed by atoms with van der Waals surface area (Å²) in [5, 5.41) is 0. The Bertz CT molecular complexity index is 835. The minimum Gasteiger partial charge on any atom is -0.196 e.